The van der Waals surface area contributed by atoms with Crippen molar-refractivity contribution in [3.05, 3.63) is 0 Å². The first-order chi connectivity index (χ1) is 7.61. The summed E-state index contributed by atoms with van der Waals surface area (Å²) in [6, 6.07) is -0.411. The Hall–Kier alpha value is -0.320. The molecule has 0 aromatic carbocycles. The maximum atomic E-state index is 11.5. The van der Waals surface area contributed by atoms with E-state index < -0.39 is 6.04 Å². The third-order valence-corrected chi connectivity index (χ3v) is 3.08. The molecule has 0 aromatic rings. The van der Waals surface area contributed by atoms with Crippen molar-refractivity contribution >= 4 is 18.3 Å². The quantitative estimate of drug-likeness (QED) is 0.714. The molecule has 4 nitrogen and oxygen atoms in total. The van der Waals surface area contributed by atoms with Gasteiger partial charge >= 0.3 is 0 Å². The van der Waals surface area contributed by atoms with Crippen molar-refractivity contribution < 1.29 is 9.53 Å². The standard InChI is InChI=1S/C12H24N2O2.ClH/c1-9(2)11(13)12(15)14-7-8-16-10-5-3-4-6-10;/h9-11H,3-8,13H2,1-2H3,(H,14,15);1H/t11-;/m1./s1. The van der Waals surface area contributed by atoms with Crippen molar-refractivity contribution in [2.75, 3.05) is 13.2 Å². The van der Waals surface area contributed by atoms with Gasteiger partial charge in [0.05, 0.1) is 18.8 Å². The van der Waals surface area contributed by atoms with Gasteiger partial charge in [0.15, 0.2) is 0 Å². The maximum Gasteiger partial charge on any atom is 0.237 e. The molecule has 1 amide bonds. The van der Waals surface area contributed by atoms with Crippen molar-refractivity contribution in [3.63, 3.8) is 0 Å². The van der Waals surface area contributed by atoms with E-state index >= 15 is 0 Å². The summed E-state index contributed by atoms with van der Waals surface area (Å²) in [5.74, 6) is 0.0979. The molecule has 3 N–H and O–H groups in total. The van der Waals surface area contributed by atoms with Gasteiger partial charge in [0.1, 0.15) is 0 Å². The number of amides is 1. The van der Waals surface area contributed by atoms with E-state index in [1.807, 2.05) is 13.8 Å². The van der Waals surface area contributed by atoms with Crippen LogP contribution in [0.2, 0.25) is 0 Å². The Morgan fingerprint density at radius 2 is 2.00 bits per heavy atom. The molecule has 0 radical (unpaired) electrons. The average molecular weight is 265 g/mol. The zero-order valence-corrected chi connectivity index (χ0v) is 11.6. The summed E-state index contributed by atoms with van der Waals surface area (Å²) < 4.78 is 5.64. The van der Waals surface area contributed by atoms with Gasteiger partial charge in [0, 0.05) is 6.54 Å². The lowest BCUT2D eigenvalue weighted by atomic mass is 10.1. The van der Waals surface area contributed by atoms with Crippen LogP contribution < -0.4 is 11.1 Å². The molecule has 0 heterocycles. The van der Waals surface area contributed by atoms with Crippen LogP contribution >= 0.6 is 12.4 Å². The summed E-state index contributed by atoms with van der Waals surface area (Å²) in [7, 11) is 0. The Morgan fingerprint density at radius 1 is 1.41 bits per heavy atom. The van der Waals surface area contributed by atoms with E-state index in [-0.39, 0.29) is 24.2 Å². The smallest absolute Gasteiger partial charge is 0.237 e. The lowest BCUT2D eigenvalue weighted by Gasteiger charge is -2.16. The Balaban J connectivity index is 0.00000256. The minimum Gasteiger partial charge on any atom is -0.376 e. The fourth-order valence-corrected chi connectivity index (χ4v) is 1.88. The van der Waals surface area contributed by atoms with E-state index in [2.05, 4.69) is 5.32 Å². The van der Waals surface area contributed by atoms with Crippen LogP contribution in [0.25, 0.3) is 0 Å². The Labute approximate surface area is 110 Å². The molecule has 0 aliphatic heterocycles. The van der Waals surface area contributed by atoms with Gasteiger partial charge in [-0.1, -0.05) is 26.7 Å². The molecular weight excluding hydrogens is 240 g/mol. The van der Waals surface area contributed by atoms with Gasteiger partial charge in [-0.05, 0) is 18.8 Å². The number of hydrogen-bond acceptors (Lipinski definition) is 3. The van der Waals surface area contributed by atoms with Crippen LogP contribution in [0.4, 0.5) is 0 Å². The molecule has 102 valence electrons. The summed E-state index contributed by atoms with van der Waals surface area (Å²) in [6.07, 6.45) is 5.29. The highest BCUT2D eigenvalue weighted by atomic mass is 35.5. The second-order valence-corrected chi connectivity index (χ2v) is 4.84. The van der Waals surface area contributed by atoms with Gasteiger partial charge < -0.3 is 15.8 Å². The molecule has 1 aliphatic carbocycles. The van der Waals surface area contributed by atoms with E-state index in [9.17, 15) is 4.79 Å². The number of rotatable bonds is 6. The molecule has 17 heavy (non-hydrogen) atoms. The van der Waals surface area contributed by atoms with Gasteiger partial charge in [0.2, 0.25) is 5.91 Å². The van der Waals surface area contributed by atoms with Crippen molar-refractivity contribution in [1.82, 2.24) is 5.32 Å². The Bertz CT molecular complexity index is 219. The number of halogens is 1. The molecule has 1 atom stereocenters. The molecule has 0 aromatic heterocycles. The van der Waals surface area contributed by atoms with Crippen LogP contribution in [-0.2, 0) is 9.53 Å². The predicted molar refractivity (Wildman–Crippen MR) is 71.3 cm³/mol. The highest BCUT2D eigenvalue weighted by Crippen LogP contribution is 2.20. The van der Waals surface area contributed by atoms with Crippen molar-refractivity contribution in [1.29, 1.82) is 0 Å². The molecule has 5 heteroatoms. The van der Waals surface area contributed by atoms with E-state index in [4.69, 9.17) is 10.5 Å². The molecule has 0 saturated heterocycles. The minimum absolute atomic E-state index is 0. The molecule has 1 aliphatic rings. The number of ether oxygens (including phenoxy) is 1. The maximum absolute atomic E-state index is 11.5. The highest BCUT2D eigenvalue weighted by Gasteiger charge is 2.17. The van der Waals surface area contributed by atoms with Crippen molar-refractivity contribution in [2.45, 2.75) is 51.7 Å². The van der Waals surface area contributed by atoms with E-state index in [0.717, 1.165) is 0 Å². The highest BCUT2D eigenvalue weighted by molar-refractivity contribution is 5.85. The van der Waals surface area contributed by atoms with Crippen LogP contribution in [0.5, 0.6) is 0 Å². The summed E-state index contributed by atoms with van der Waals surface area (Å²) in [6.45, 7) is 5.05. The summed E-state index contributed by atoms with van der Waals surface area (Å²) >= 11 is 0. The Kier molecular flexibility index (Phi) is 8.56. The topological polar surface area (TPSA) is 64.4 Å². The molecule has 1 rings (SSSR count). The SMILES string of the molecule is CC(C)[C@@H](N)C(=O)NCCOC1CCCC1.Cl. The average Bonchev–Trinajstić information content (AvgIpc) is 2.75. The normalized spacial score (nSPS) is 17.9. The summed E-state index contributed by atoms with van der Waals surface area (Å²) in [4.78, 5) is 11.5. The zero-order valence-electron chi connectivity index (χ0n) is 10.8. The molecule has 0 bridgehead atoms. The number of nitrogens with two attached hydrogens (primary N) is 1. The van der Waals surface area contributed by atoms with Crippen LogP contribution in [0.1, 0.15) is 39.5 Å². The van der Waals surface area contributed by atoms with Gasteiger partial charge in [-0.15, -0.1) is 12.4 Å². The van der Waals surface area contributed by atoms with E-state index in [1.54, 1.807) is 0 Å². The minimum atomic E-state index is -0.411. The van der Waals surface area contributed by atoms with Gasteiger partial charge in [-0.3, -0.25) is 4.79 Å². The molecule has 1 saturated carbocycles. The van der Waals surface area contributed by atoms with E-state index in [1.165, 1.54) is 25.7 Å². The monoisotopic (exact) mass is 264 g/mol. The van der Waals surface area contributed by atoms with Crippen molar-refractivity contribution in [3.8, 4) is 0 Å². The molecule has 1 fully saturated rings. The van der Waals surface area contributed by atoms with Gasteiger partial charge in [0.25, 0.3) is 0 Å². The van der Waals surface area contributed by atoms with Gasteiger partial charge in [-0.25, -0.2) is 0 Å². The van der Waals surface area contributed by atoms with Crippen LogP contribution in [0.15, 0.2) is 0 Å². The number of carbonyl (C=O) groups excluding carboxylic acids is 1. The van der Waals surface area contributed by atoms with Gasteiger partial charge in [-0.2, -0.15) is 0 Å². The third kappa shape index (κ3) is 6.24. The number of hydrogen-bond donors (Lipinski definition) is 2. The Morgan fingerprint density at radius 3 is 2.53 bits per heavy atom. The second-order valence-electron chi connectivity index (χ2n) is 4.84. The summed E-state index contributed by atoms with van der Waals surface area (Å²) in [5, 5.41) is 2.80. The zero-order chi connectivity index (χ0) is 12.0. The third-order valence-electron chi connectivity index (χ3n) is 3.08. The number of carbonyl (C=O) groups is 1. The van der Waals surface area contributed by atoms with Crippen LogP contribution in [0.3, 0.4) is 0 Å². The first-order valence-corrected chi connectivity index (χ1v) is 6.26. The predicted octanol–water partition coefficient (Wildman–Crippen LogP) is 1.47. The fraction of sp³-hybridized carbons (Fsp3) is 0.917. The first-order valence-electron chi connectivity index (χ1n) is 6.26. The van der Waals surface area contributed by atoms with Crippen LogP contribution in [0, 0.1) is 5.92 Å². The van der Waals surface area contributed by atoms with Crippen molar-refractivity contribution in [2.24, 2.45) is 11.7 Å². The number of nitrogens with one attached hydrogen (secondary N) is 1. The largest absolute Gasteiger partial charge is 0.376 e. The second kappa shape index (κ2) is 8.72. The molecule has 0 spiro atoms. The summed E-state index contributed by atoms with van der Waals surface area (Å²) in [5.41, 5.74) is 5.71. The molecular formula is C12H25ClN2O2. The fourth-order valence-electron chi connectivity index (χ4n) is 1.88. The lowest BCUT2D eigenvalue weighted by molar-refractivity contribution is -0.123. The lowest BCUT2D eigenvalue weighted by Crippen LogP contribution is -2.45. The molecule has 0 unspecified atom stereocenters. The van der Waals surface area contributed by atoms with E-state index in [0.29, 0.717) is 19.3 Å². The first kappa shape index (κ1) is 16.7. The van der Waals surface area contributed by atoms with Crippen LogP contribution in [-0.4, -0.2) is 31.2 Å².